The number of carbonyl (C=O) groups is 3. The van der Waals surface area contributed by atoms with Gasteiger partial charge in [0.25, 0.3) is 17.7 Å². The maximum atomic E-state index is 13.1. The van der Waals surface area contributed by atoms with E-state index in [-0.39, 0.29) is 17.7 Å². The van der Waals surface area contributed by atoms with Gasteiger partial charge in [-0.3, -0.25) is 19.8 Å². The molecule has 246 valence electrons. The van der Waals surface area contributed by atoms with Gasteiger partial charge in [0.1, 0.15) is 22.4 Å². The fourth-order valence-corrected chi connectivity index (χ4v) is 6.24. The number of anilines is 2. The zero-order chi connectivity index (χ0) is 33.6. The predicted octanol–water partition coefficient (Wildman–Crippen LogP) is 4.72. The van der Waals surface area contributed by atoms with E-state index in [4.69, 9.17) is 10.0 Å². The summed E-state index contributed by atoms with van der Waals surface area (Å²) < 4.78 is 8.01. The third-order valence-electron chi connectivity index (χ3n) is 7.95. The number of amidine groups is 1. The molecule has 1 fully saturated rings. The first-order valence-corrected chi connectivity index (χ1v) is 16.5. The number of rotatable bonds is 10. The summed E-state index contributed by atoms with van der Waals surface area (Å²) in [5, 5.41) is 24.5. The highest BCUT2D eigenvalue weighted by atomic mass is 32.2. The summed E-state index contributed by atoms with van der Waals surface area (Å²) in [7, 11) is 3.45. The van der Waals surface area contributed by atoms with Crippen molar-refractivity contribution in [1.29, 1.82) is 5.41 Å². The molecule has 3 amide bonds. The van der Waals surface area contributed by atoms with Gasteiger partial charge < -0.3 is 30.0 Å². The van der Waals surface area contributed by atoms with Crippen LogP contribution in [0, 0.1) is 5.41 Å². The van der Waals surface area contributed by atoms with Crippen LogP contribution in [0.15, 0.2) is 71.6 Å². The first-order valence-electron chi connectivity index (χ1n) is 15.4. The van der Waals surface area contributed by atoms with E-state index >= 15 is 0 Å². The van der Waals surface area contributed by atoms with E-state index < -0.39 is 0 Å². The van der Waals surface area contributed by atoms with Gasteiger partial charge >= 0.3 is 0 Å². The quantitative estimate of drug-likeness (QED) is 0.0946. The van der Waals surface area contributed by atoms with Gasteiger partial charge in [0, 0.05) is 69.6 Å². The highest BCUT2D eigenvalue weighted by Crippen LogP contribution is 2.19. The van der Waals surface area contributed by atoms with Crippen molar-refractivity contribution in [3.63, 3.8) is 0 Å². The number of carbonyl (C=O) groups excluding carboxylic acids is 3. The van der Waals surface area contributed by atoms with Gasteiger partial charge in [-0.25, -0.2) is 4.63 Å². The first kappa shape index (κ1) is 32.3. The molecule has 0 spiro atoms. The summed E-state index contributed by atoms with van der Waals surface area (Å²) >= 11 is 1.89. The third kappa shape index (κ3) is 7.66. The lowest BCUT2D eigenvalue weighted by molar-refractivity contribution is 0.0944. The molecule has 14 heteroatoms. The van der Waals surface area contributed by atoms with E-state index in [2.05, 4.69) is 31.2 Å². The van der Waals surface area contributed by atoms with Crippen LogP contribution in [0.5, 0.6) is 0 Å². The summed E-state index contributed by atoms with van der Waals surface area (Å²) in [4.78, 5) is 41.0. The molecule has 0 atom stereocenters. The van der Waals surface area contributed by atoms with Crippen LogP contribution in [0.2, 0.25) is 0 Å². The number of thioether (sulfide) groups is 1. The molecule has 48 heavy (non-hydrogen) atoms. The monoisotopic (exact) mass is 665 g/mol. The SMILES string of the molecule is Cn1cc(NC(=O)c2cc(NC(=O)c3ccc(C=Cc4ccc5nonc5c4)cc3)cn2C)cc1C(=O)NCCC(=N)N1CCSCC1. The number of aromatic nitrogens is 4. The standard InChI is InChI=1S/C34H35N9O4S/c1-41-21-26(18-29(41)33(45)36-12-11-31(35)43-13-15-48-16-14-43)38-34(46)30-19-25(20-42(30)2)37-32(44)24-8-5-22(6-9-24)3-4-23-7-10-27-28(17-23)40-47-39-27/h3-10,17-21,35H,11-16H2,1-2H3,(H,36,45)(H,37,44)(H,38,46). The van der Waals surface area contributed by atoms with E-state index in [0.717, 1.165) is 35.7 Å². The highest BCUT2D eigenvalue weighted by Gasteiger charge is 2.18. The van der Waals surface area contributed by atoms with Crippen molar-refractivity contribution in [1.82, 2.24) is 29.7 Å². The number of benzene rings is 2. The Labute approximate surface area is 280 Å². The summed E-state index contributed by atoms with van der Waals surface area (Å²) in [6, 6.07) is 16.0. The Balaban J connectivity index is 1.01. The Hall–Kier alpha value is -5.63. The van der Waals surface area contributed by atoms with Gasteiger partial charge in [-0.15, -0.1) is 0 Å². The van der Waals surface area contributed by atoms with Crippen LogP contribution in [0.4, 0.5) is 11.4 Å². The number of nitrogens with one attached hydrogen (secondary N) is 4. The molecule has 4 heterocycles. The molecule has 3 aromatic heterocycles. The van der Waals surface area contributed by atoms with Crippen LogP contribution in [0.3, 0.4) is 0 Å². The van der Waals surface area contributed by atoms with Crippen LogP contribution in [-0.4, -0.2) is 79.0 Å². The molecule has 0 unspecified atom stereocenters. The van der Waals surface area contributed by atoms with E-state index in [1.165, 1.54) is 0 Å². The second-order valence-electron chi connectivity index (χ2n) is 11.4. The van der Waals surface area contributed by atoms with Crippen molar-refractivity contribution in [3.05, 3.63) is 95.1 Å². The van der Waals surface area contributed by atoms with Crippen molar-refractivity contribution < 1.29 is 19.0 Å². The third-order valence-corrected chi connectivity index (χ3v) is 8.89. The number of amides is 3. The Morgan fingerprint density at radius 1 is 0.812 bits per heavy atom. The molecule has 1 saturated heterocycles. The molecule has 1 aliphatic rings. The lowest BCUT2D eigenvalue weighted by atomic mass is 10.1. The predicted molar refractivity (Wildman–Crippen MR) is 187 cm³/mol. The van der Waals surface area contributed by atoms with Crippen molar-refractivity contribution >= 4 is 69.9 Å². The minimum absolute atomic E-state index is 0.282. The van der Waals surface area contributed by atoms with Crippen LogP contribution >= 0.6 is 11.8 Å². The highest BCUT2D eigenvalue weighted by molar-refractivity contribution is 7.99. The zero-order valence-electron chi connectivity index (χ0n) is 26.5. The average Bonchev–Trinajstić information content (AvgIpc) is 3.81. The minimum atomic E-state index is -0.390. The Morgan fingerprint density at radius 2 is 1.42 bits per heavy atom. The van der Waals surface area contributed by atoms with E-state index in [1.54, 1.807) is 59.9 Å². The molecular formula is C34H35N9O4S. The van der Waals surface area contributed by atoms with E-state index in [1.807, 2.05) is 54.2 Å². The van der Waals surface area contributed by atoms with Gasteiger partial charge in [-0.1, -0.05) is 30.4 Å². The second kappa shape index (κ2) is 14.4. The van der Waals surface area contributed by atoms with Crippen molar-refractivity contribution in [2.45, 2.75) is 6.42 Å². The van der Waals surface area contributed by atoms with Crippen molar-refractivity contribution in [2.24, 2.45) is 14.1 Å². The molecule has 0 aliphatic carbocycles. The van der Waals surface area contributed by atoms with Crippen molar-refractivity contribution in [3.8, 4) is 0 Å². The molecule has 6 rings (SSSR count). The van der Waals surface area contributed by atoms with Gasteiger partial charge in [0.15, 0.2) is 0 Å². The molecule has 0 radical (unpaired) electrons. The number of hydrogen-bond acceptors (Lipinski definition) is 8. The Kier molecular flexibility index (Phi) is 9.71. The molecule has 4 N–H and O–H groups in total. The summed E-state index contributed by atoms with van der Waals surface area (Å²) in [6.45, 7) is 2.08. The molecule has 5 aromatic rings. The van der Waals surface area contributed by atoms with Crippen LogP contribution in [0.1, 0.15) is 48.9 Å². The number of hydrogen-bond donors (Lipinski definition) is 4. The Morgan fingerprint density at radius 3 is 2.12 bits per heavy atom. The van der Waals surface area contributed by atoms with Crippen LogP contribution in [0.25, 0.3) is 23.2 Å². The topological polar surface area (TPSA) is 163 Å². The number of nitrogens with zero attached hydrogens (tertiary/aromatic N) is 5. The molecule has 2 aromatic carbocycles. The lowest BCUT2D eigenvalue weighted by Gasteiger charge is -2.28. The van der Waals surface area contributed by atoms with Crippen molar-refractivity contribution in [2.75, 3.05) is 41.8 Å². The fraction of sp³-hybridized carbons (Fsp3) is 0.235. The van der Waals surface area contributed by atoms with Crippen LogP contribution < -0.4 is 16.0 Å². The smallest absolute Gasteiger partial charge is 0.272 e. The molecular weight excluding hydrogens is 631 g/mol. The summed E-state index contributed by atoms with van der Waals surface area (Å²) in [6.07, 6.45) is 7.66. The van der Waals surface area contributed by atoms with E-state index in [0.29, 0.717) is 58.2 Å². The largest absolute Gasteiger partial charge is 0.359 e. The van der Waals surface area contributed by atoms with Gasteiger partial charge in [0.05, 0.1) is 17.2 Å². The fourth-order valence-electron chi connectivity index (χ4n) is 5.33. The van der Waals surface area contributed by atoms with Gasteiger partial charge in [0.2, 0.25) is 0 Å². The molecule has 13 nitrogen and oxygen atoms in total. The lowest BCUT2D eigenvalue weighted by Crippen LogP contribution is -2.39. The summed E-state index contributed by atoms with van der Waals surface area (Å²) in [5.74, 6) is 1.59. The maximum Gasteiger partial charge on any atom is 0.272 e. The number of aryl methyl sites for hydroxylation is 2. The van der Waals surface area contributed by atoms with Gasteiger partial charge in [-0.05, 0) is 57.8 Å². The average molecular weight is 666 g/mol. The molecule has 1 aliphatic heterocycles. The first-order chi connectivity index (χ1) is 23.2. The number of fused-ring (bicyclic) bond motifs is 1. The normalized spacial score (nSPS) is 13.2. The van der Waals surface area contributed by atoms with E-state index in [9.17, 15) is 14.4 Å². The zero-order valence-corrected chi connectivity index (χ0v) is 27.3. The second-order valence-corrected chi connectivity index (χ2v) is 12.6. The van der Waals surface area contributed by atoms with Gasteiger partial charge in [-0.2, -0.15) is 11.8 Å². The molecule has 0 bridgehead atoms. The minimum Gasteiger partial charge on any atom is -0.359 e. The summed E-state index contributed by atoms with van der Waals surface area (Å²) in [5.41, 5.74) is 5.34. The maximum absolute atomic E-state index is 13.1. The molecule has 0 saturated carbocycles. The Bertz CT molecular complexity index is 2000. The van der Waals surface area contributed by atoms with Crippen LogP contribution in [-0.2, 0) is 14.1 Å².